The predicted octanol–water partition coefficient (Wildman–Crippen LogP) is 2.78. The molecule has 1 amide bonds. The number of imidazole rings is 1. The van der Waals surface area contributed by atoms with E-state index in [0.717, 1.165) is 41.7 Å². The lowest BCUT2D eigenvalue weighted by Crippen LogP contribution is -2.24. The highest BCUT2D eigenvalue weighted by atomic mass is 32.2. The van der Waals surface area contributed by atoms with Gasteiger partial charge in [-0.15, -0.1) is 0 Å². The van der Waals surface area contributed by atoms with E-state index >= 15 is 0 Å². The Bertz CT molecular complexity index is 680. The maximum atomic E-state index is 12.4. The number of thioether (sulfide) groups is 1. The van der Waals surface area contributed by atoms with Gasteiger partial charge in [0.15, 0.2) is 5.16 Å². The van der Waals surface area contributed by atoms with Crippen LogP contribution < -0.4 is 5.32 Å². The zero-order valence-corrected chi connectivity index (χ0v) is 14.7. The molecule has 1 aliphatic heterocycles. The molecule has 3 rings (SSSR count). The van der Waals surface area contributed by atoms with Gasteiger partial charge in [0.05, 0.1) is 30.0 Å². The van der Waals surface area contributed by atoms with Crippen LogP contribution in [0.5, 0.6) is 0 Å². The standard InChI is InChI=1S/C16H23N5OS/c1-4-13(5-2)21-11(3)14(9-18-21)15(22)17-8-12-10-20-6-7-23-16(20)19-12/h9-10,13H,4-8H2,1-3H3,(H,17,22). The van der Waals surface area contributed by atoms with Crippen LogP contribution in [0.4, 0.5) is 0 Å². The van der Waals surface area contributed by atoms with Crippen LogP contribution in [0.1, 0.15) is 54.5 Å². The van der Waals surface area contributed by atoms with Gasteiger partial charge in [-0.25, -0.2) is 4.98 Å². The molecule has 3 heterocycles. The van der Waals surface area contributed by atoms with Gasteiger partial charge in [-0.1, -0.05) is 25.6 Å². The van der Waals surface area contributed by atoms with Crippen LogP contribution in [-0.4, -0.2) is 31.0 Å². The summed E-state index contributed by atoms with van der Waals surface area (Å²) in [5.74, 6) is 1.00. The number of carbonyl (C=O) groups excluding carboxylic acids is 1. The SMILES string of the molecule is CCC(CC)n1ncc(C(=O)NCc2cn3c(n2)SCC3)c1C. The molecule has 0 aliphatic carbocycles. The number of carbonyl (C=O) groups is 1. The van der Waals surface area contributed by atoms with E-state index in [1.165, 1.54) is 0 Å². The van der Waals surface area contributed by atoms with Crippen LogP contribution in [0.15, 0.2) is 17.6 Å². The predicted molar refractivity (Wildman–Crippen MR) is 90.7 cm³/mol. The van der Waals surface area contributed by atoms with Crippen molar-refractivity contribution in [1.29, 1.82) is 0 Å². The molecule has 23 heavy (non-hydrogen) atoms. The van der Waals surface area contributed by atoms with Crippen molar-refractivity contribution >= 4 is 17.7 Å². The zero-order chi connectivity index (χ0) is 16.4. The summed E-state index contributed by atoms with van der Waals surface area (Å²) in [4.78, 5) is 17.0. The Morgan fingerprint density at radius 3 is 2.91 bits per heavy atom. The molecule has 0 saturated heterocycles. The third kappa shape index (κ3) is 3.15. The summed E-state index contributed by atoms with van der Waals surface area (Å²) >= 11 is 1.76. The first-order valence-electron chi connectivity index (χ1n) is 8.15. The lowest BCUT2D eigenvalue weighted by atomic mass is 10.1. The summed E-state index contributed by atoms with van der Waals surface area (Å²) in [5, 5.41) is 8.41. The number of hydrogen-bond donors (Lipinski definition) is 1. The molecule has 1 aliphatic rings. The van der Waals surface area contributed by atoms with Gasteiger partial charge in [0.25, 0.3) is 5.91 Å². The average Bonchev–Trinajstić information content (AvgIpc) is 3.22. The first kappa shape index (κ1) is 16.1. The highest BCUT2D eigenvalue weighted by molar-refractivity contribution is 7.99. The van der Waals surface area contributed by atoms with Crippen molar-refractivity contribution in [2.45, 2.75) is 57.9 Å². The molecule has 0 bridgehead atoms. The minimum atomic E-state index is -0.0829. The number of aromatic nitrogens is 4. The van der Waals surface area contributed by atoms with E-state index in [4.69, 9.17) is 0 Å². The summed E-state index contributed by atoms with van der Waals surface area (Å²) in [5.41, 5.74) is 2.49. The van der Waals surface area contributed by atoms with Gasteiger partial charge in [0.1, 0.15) is 0 Å². The Balaban J connectivity index is 1.66. The van der Waals surface area contributed by atoms with Crippen LogP contribution in [0.3, 0.4) is 0 Å². The molecule has 0 saturated carbocycles. The van der Waals surface area contributed by atoms with Gasteiger partial charge in [-0.2, -0.15) is 5.10 Å². The molecule has 0 atom stereocenters. The number of rotatable bonds is 6. The largest absolute Gasteiger partial charge is 0.346 e. The third-order valence-corrected chi connectivity index (χ3v) is 5.33. The van der Waals surface area contributed by atoms with Gasteiger partial charge in [0, 0.05) is 24.2 Å². The van der Waals surface area contributed by atoms with E-state index in [1.54, 1.807) is 18.0 Å². The number of aryl methyl sites for hydroxylation is 1. The third-order valence-electron chi connectivity index (χ3n) is 4.36. The van der Waals surface area contributed by atoms with Crippen molar-refractivity contribution in [3.63, 3.8) is 0 Å². The van der Waals surface area contributed by atoms with E-state index in [-0.39, 0.29) is 5.91 Å². The summed E-state index contributed by atoms with van der Waals surface area (Å²) in [6.45, 7) is 7.70. The fourth-order valence-corrected chi connectivity index (χ4v) is 3.92. The van der Waals surface area contributed by atoms with Crippen molar-refractivity contribution in [2.75, 3.05) is 5.75 Å². The fraction of sp³-hybridized carbons (Fsp3) is 0.562. The van der Waals surface area contributed by atoms with Crippen molar-refractivity contribution in [1.82, 2.24) is 24.6 Å². The first-order valence-corrected chi connectivity index (χ1v) is 9.13. The second kappa shape index (κ2) is 6.78. The Morgan fingerprint density at radius 2 is 2.22 bits per heavy atom. The smallest absolute Gasteiger partial charge is 0.255 e. The van der Waals surface area contributed by atoms with Crippen LogP contribution in [0.2, 0.25) is 0 Å². The molecule has 1 N–H and O–H groups in total. The summed E-state index contributed by atoms with van der Waals surface area (Å²) in [7, 11) is 0. The van der Waals surface area contributed by atoms with Crippen molar-refractivity contribution in [3.05, 3.63) is 29.3 Å². The average molecular weight is 333 g/mol. The quantitative estimate of drug-likeness (QED) is 0.883. The van der Waals surface area contributed by atoms with E-state index in [0.29, 0.717) is 18.2 Å². The zero-order valence-electron chi connectivity index (χ0n) is 13.9. The molecule has 0 spiro atoms. The summed E-state index contributed by atoms with van der Waals surface area (Å²) < 4.78 is 4.11. The molecule has 6 nitrogen and oxygen atoms in total. The number of hydrogen-bond acceptors (Lipinski definition) is 4. The maximum absolute atomic E-state index is 12.4. The Kier molecular flexibility index (Phi) is 4.75. The minimum absolute atomic E-state index is 0.0829. The molecule has 124 valence electrons. The van der Waals surface area contributed by atoms with Crippen molar-refractivity contribution in [3.8, 4) is 0 Å². The highest BCUT2D eigenvalue weighted by Crippen LogP contribution is 2.24. The molecular weight excluding hydrogens is 310 g/mol. The van der Waals surface area contributed by atoms with E-state index in [2.05, 4.69) is 33.8 Å². The summed E-state index contributed by atoms with van der Waals surface area (Å²) in [6, 6.07) is 0.352. The Labute approximate surface area is 140 Å². The second-order valence-corrected chi connectivity index (χ2v) is 6.86. The number of nitrogens with zero attached hydrogens (tertiary/aromatic N) is 4. The monoisotopic (exact) mass is 333 g/mol. The highest BCUT2D eigenvalue weighted by Gasteiger charge is 2.19. The lowest BCUT2D eigenvalue weighted by Gasteiger charge is -2.15. The normalized spacial score (nSPS) is 13.6. The molecule has 0 aromatic carbocycles. The number of amides is 1. The van der Waals surface area contributed by atoms with Crippen LogP contribution >= 0.6 is 11.8 Å². The molecular formula is C16H23N5OS. The molecule has 0 fully saturated rings. The van der Waals surface area contributed by atoms with Gasteiger partial charge < -0.3 is 9.88 Å². The number of nitrogens with one attached hydrogen (secondary N) is 1. The fourth-order valence-electron chi connectivity index (χ4n) is 2.96. The molecule has 0 radical (unpaired) electrons. The van der Waals surface area contributed by atoms with Crippen LogP contribution in [-0.2, 0) is 13.1 Å². The van der Waals surface area contributed by atoms with Crippen LogP contribution in [0, 0.1) is 6.92 Å². The number of fused-ring (bicyclic) bond motifs is 1. The Morgan fingerprint density at radius 1 is 1.43 bits per heavy atom. The van der Waals surface area contributed by atoms with Gasteiger partial charge >= 0.3 is 0 Å². The van der Waals surface area contributed by atoms with Gasteiger partial charge in [-0.3, -0.25) is 9.48 Å². The first-order chi connectivity index (χ1) is 11.1. The van der Waals surface area contributed by atoms with Crippen molar-refractivity contribution in [2.24, 2.45) is 0 Å². The molecule has 2 aromatic rings. The van der Waals surface area contributed by atoms with Gasteiger partial charge in [-0.05, 0) is 19.8 Å². The molecule has 7 heteroatoms. The topological polar surface area (TPSA) is 64.7 Å². The molecule has 2 aromatic heterocycles. The van der Waals surface area contributed by atoms with E-state index < -0.39 is 0 Å². The van der Waals surface area contributed by atoms with Crippen molar-refractivity contribution < 1.29 is 4.79 Å². The van der Waals surface area contributed by atoms with Gasteiger partial charge in [0.2, 0.25) is 0 Å². The Hall–Kier alpha value is -1.76. The van der Waals surface area contributed by atoms with E-state index in [9.17, 15) is 4.79 Å². The van der Waals surface area contributed by atoms with Crippen LogP contribution in [0.25, 0.3) is 0 Å². The molecule has 0 unspecified atom stereocenters. The van der Waals surface area contributed by atoms with E-state index in [1.807, 2.05) is 17.8 Å². The lowest BCUT2D eigenvalue weighted by molar-refractivity contribution is 0.0949. The maximum Gasteiger partial charge on any atom is 0.255 e. The second-order valence-electron chi connectivity index (χ2n) is 5.80. The summed E-state index contributed by atoms with van der Waals surface area (Å²) in [6.07, 6.45) is 5.72. The minimum Gasteiger partial charge on any atom is -0.346 e.